The maximum absolute atomic E-state index is 12.2. The van der Waals surface area contributed by atoms with Crippen LogP contribution in [-0.2, 0) is 11.2 Å². The van der Waals surface area contributed by atoms with Gasteiger partial charge in [-0.1, -0.05) is 0 Å². The van der Waals surface area contributed by atoms with Gasteiger partial charge in [0.15, 0.2) is 5.13 Å². The number of benzene rings is 2. The van der Waals surface area contributed by atoms with Crippen LogP contribution in [0.4, 0.5) is 21.3 Å². The van der Waals surface area contributed by atoms with Gasteiger partial charge in [-0.3, -0.25) is 10.1 Å². The summed E-state index contributed by atoms with van der Waals surface area (Å²) in [4.78, 5) is 28.7. The van der Waals surface area contributed by atoms with E-state index in [1.807, 2.05) is 24.4 Å². The minimum Gasteiger partial charge on any atom is -0.497 e. The van der Waals surface area contributed by atoms with Crippen molar-refractivity contribution < 1.29 is 19.1 Å². The van der Waals surface area contributed by atoms with Crippen LogP contribution in [0.2, 0.25) is 0 Å². The Balaban J connectivity index is 1.43. The summed E-state index contributed by atoms with van der Waals surface area (Å²) in [6.07, 6.45) is 0.759. The number of hydrogen-bond donors (Lipinski definition) is 3. The van der Waals surface area contributed by atoms with Gasteiger partial charge >= 0.3 is 6.03 Å². The molecule has 3 amide bonds. The van der Waals surface area contributed by atoms with Crippen molar-refractivity contribution in [2.24, 2.45) is 0 Å². The maximum Gasteiger partial charge on any atom is 0.325 e. The normalized spacial score (nSPS) is 10.3. The van der Waals surface area contributed by atoms with E-state index in [2.05, 4.69) is 20.9 Å². The molecule has 3 aromatic rings. The first kappa shape index (κ1) is 22.1. The molecule has 2 aromatic carbocycles. The number of urea groups is 1. The molecule has 0 aliphatic carbocycles. The molecule has 0 atom stereocenters. The van der Waals surface area contributed by atoms with Crippen molar-refractivity contribution >= 4 is 39.8 Å². The highest BCUT2D eigenvalue weighted by atomic mass is 32.1. The quantitative estimate of drug-likeness (QED) is 0.445. The highest BCUT2D eigenvalue weighted by Gasteiger charge is 2.09. The molecule has 0 saturated heterocycles. The molecule has 0 aliphatic heterocycles. The van der Waals surface area contributed by atoms with Crippen LogP contribution < -0.4 is 25.4 Å². The van der Waals surface area contributed by atoms with Gasteiger partial charge in [-0.15, -0.1) is 11.3 Å². The number of methoxy groups -OCH3 is 1. The summed E-state index contributed by atoms with van der Waals surface area (Å²) >= 11 is 1.31. The van der Waals surface area contributed by atoms with Gasteiger partial charge in [-0.2, -0.15) is 0 Å². The molecular formula is C22H24N4O4S. The van der Waals surface area contributed by atoms with Gasteiger partial charge in [0.05, 0.1) is 19.4 Å². The van der Waals surface area contributed by atoms with Crippen molar-refractivity contribution in [3.8, 4) is 11.5 Å². The van der Waals surface area contributed by atoms with Crippen LogP contribution in [0, 0.1) is 0 Å². The molecule has 0 unspecified atom stereocenters. The molecule has 1 aromatic heterocycles. The molecule has 162 valence electrons. The van der Waals surface area contributed by atoms with Crippen LogP contribution in [-0.4, -0.2) is 30.6 Å². The number of rotatable bonds is 9. The first-order chi connectivity index (χ1) is 15.1. The van der Waals surface area contributed by atoms with Crippen molar-refractivity contribution in [2.45, 2.75) is 19.8 Å². The van der Waals surface area contributed by atoms with E-state index in [1.54, 1.807) is 43.5 Å². The molecule has 0 bridgehead atoms. The number of nitrogens with one attached hydrogen (secondary N) is 3. The molecule has 0 aliphatic rings. The molecule has 8 nitrogen and oxygen atoms in total. The van der Waals surface area contributed by atoms with Crippen molar-refractivity contribution in [1.82, 2.24) is 4.98 Å². The molecule has 3 N–H and O–H groups in total. The summed E-state index contributed by atoms with van der Waals surface area (Å²) in [7, 11) is 1.58. The first-order valence-electron chi connectivity index (χ1n) is 9.75. The van der Waals surface area contributed by atoms with Crippen LogP contribution >= 0.6 is 11.3 Å². The van der Waals surface area contributed by atoms with Gasteiger partial charge in [0, 0.05) is 23.2 Å². The third-order valence-corrected chi connectivity index (χ3v) is 4.98. The third kappa shape index (κ3) is 7.00. The fraction of sp³-hybridized carbons (Fsp3) is 0.227. The second-order valence-electron chi connectivity index (χ2n) is 6.46. The fourth-order valence-electron chi connectivity index (χ4n) is 2.68. The van der Waals surface area contributed by atoms with Gasteiger partial charge < -0.3 is 20.1 Å². The third-order valence-electron chi connectivity index (χ3n) is 4.18. The topological polar surface area (TPSA) is 102 Å². The molecular weight excluding hydrogens is 416 g/mol. The average Bonchev–Trinajstić information content (AvgIpc) is 3.21. The zero-order valence-corrected chi connectivity index (χ0v) is 18.1. The largest absolute Gasteiger partial charge is 0.497 e. The number of hydrogen-bond acceptors (Lipinski definition) is 6. The molecule has 1 heterocycles. The Bertz CT molecular complexity index is 1000. The van der Waals surface area contributed by atoms with E-state index in [1.165, 1.54) is 11.3 Å². The van der Waals surface area contributed by atoms with Gasteiger partial charge in [-0.05, 0) is 61.9 Å². The molecule has 0 spiro atoms. The zero-order chi connectivity index (χ0) is 22.1. The Morgan fingerprint density at radius 1 is 0.935 bits per heavy atom. The van der Waals surface area contributed by atoms with Crippen LogP contribution in [0.3, 0.4) is 0 Å². The van der Waals surface area contributed by atoms with E-state index < -0.39 is 0 Å². The van der Waals surface area contributed by atoms with E-state index in [0.29, 0.717) is 35.3 Å². The Labute approximate surface area is 184 Å². The first-order valence-corrected chi connectivity index (χ1v) is 10.6. The van der Waals surface area contributed by atoms with Crippen LogP contribution in [0.25, 0.3) is 0 Å². The number of ether oxygens (including phenoxy) is 2. The lowest BCUT2D eigenvalue weighted by Gasteiger charge is -2.07. The summed E-state index contributed by atoms with van der Waals surface area (Å²) < 4.78 is 10.5. The number of nitrogens with zero attached hydrogens (tertiary/aromatic N) is 1. The standard InChI is InChI=1S/C22H24N4O4S/c1-3-30-19-11-6-15(7-12-19)23-20(27)13-8-17-14-31-22(25-17)26-21(28)24-16-4-9-18(29-2)10-5-16/h4-7,9-12,14H,3,8,13H2,1-2H3,(H,23,27)(H2,24,25,26,28). The summed E-state index contributed by atoms with van der Waals surface area (Å²) in [6, 6.07) is 13.8. The number of anilines is 3. The Kier molecular flexibility index (Phi) is 7.83. The van der Waals surface area contributed by atoms with Crippen LogP contribution in [0.5, 0.6) is 11.5 Å². The van der Waals surface area contributed by atoms with Gasteiger partial charge in [-0.25, -0.2) is 9.78 Å². The molecule has 0 radical (unpaired) electrons. The zero-order valence-electron chi connectivity index (χ0n) is 17.3. The van der Waals surface area contributed by atoms with E-state index in [0.717, 1.165) is 11.4 Å². The SMILES string of the molecule is CCOc1ccc(NC(=O)CCc2csc(NC(=O)Nc3ccc(OC)cc3)n2)cc1. The van der Waals surface area contributed by atoms with Crippen molar-refractivity contribution in [2.75, 3.05) is 29.7 Å². The van der Waals surface area contributed by atoms with Gasteiger partial charge in [0.25, 0.3) is 0 Å². The summed E-state index contributed by atoms with van der Waals surface area (Å²) in [5, 5.41) is 10.6. The number of amides is 3. The van der Waals surface area contributed by atoms with Crippen molar-refractivity contribution in [3.63, 3.8) is 0 Å². The average molecular weight is 441 g/mol. The second kappa shape index (κ2) is 11.0. The van der Waals surface area contributed by atoms with Gasteiger partial charge in [0.1, 0.15) is 11.5 Å². The summed E-state index contributed by atoms with van der Waals surface area (Å²) in [6.45, 7) is 2.52. The number of carbonyl (C=O) groups is 2. The Morgan fingerprint density at radius 2 is 1.58 bits per heavy atom. The number of thiazole rings is 1. The lowest BCUT2D eigenvalue weighted by Crippen LogP contribution is -2.19. The fourth-order valence-corrected chi connectivity index (χ4v) is 3.42. The van der Waals surface area contributed by atoms with Gasteiger partial charge in [0.2, 0.25) is 5.91 Å². The van der Waals surface area contributed by atoms with E-state index >= 15 is 0 Å². The van der Waals surface area contributed by atoms with Crippen molar-refractivity contribution in [3.05, 3.63) is 59.6 Å². The predicted molar refractivity (Wildman–Crippen MR) is 122 cm³/mol. The lowest BCUT2D eigenvalue weighted by atomic mass is 10.2. The highest BCUT2D eigenvalue weighted by Crippen LogP contribution is 2.19. The summed E-state index contributed by atoms with van der Waals surface area (Å²) in [5.74, 6) is 1.37. The summed E-state index contributed by atoms with van der Waals surface area (Å²) in [5.41, 5.74) is 2.09. The second-order valence-corrected chi connectivity index (χ2v) is 7.32. The molecule has 0 saturated carbocycles. The predicted octanol–water partition coefficient (Wildman–Crippen LogP) is 4.77. The van der Waals surface area contributed by atoms with Crippen molar-refractivity contribution in [1.29, 1.82) is 0 Å². The van der Waals surface area contributed by atoms with Crippen LogP contribution in [0.1, 0.15) is 19.0 Å². The smallest absolute Gasteiger partial charge is 0.325 e. The number of carbonyl (C=O) groups excluding carboxylic acids is 2. The number of aryl methyl sites for hydroxylation is 1. The van der Waals surface area contributed by atoms with Crippen LogP contribution in [0.15, 0.2) is 53.9 Å². The minimum atomic E-state index is -0.390. The maximum atomic E-state index is 12.2. The highest BCUT2D eigenvalue weighted by molar-refractivity contribution is 7.13. The molecule has 31 heavy (non-hydrogen) atoms. The lowest BCUT2D eigenvalue weighted by molar-refractivity contribution is -0.116. The minimum absolute atomic E-state index is 0.107. The van der Waals surface area contributed by atoms with E-state index in [-0.39, 0.29) is 18.4 Å². The Hall–Kier alpha value is -3.59. The molecule has 0 fully saturated rings. The Morgan fingerprint density at radius 3 is 2.23 bits per heavy atom. The monoisotopic (exact) mass is 440 g/mol. The van der Waals surface area contributed by atoms with E-state index in [4.69, 9.17) is 9.47 Å². The molecule has 9 heteroatoms. The molecule has 3 rings (SSSR count). The number of aromatic nitrogens is 1. The van der Waals surface area contributed by atoms with E-state index in [9.17, 15) is 9.59 Å².